The zero-order valence-corrected chi connectivity index (χ0v) is 16.7. The fourth-order valence-electron chi connectivity index (χ4n) is 3.50. The van der Waals surface area contributed by atoms with Crippen molar-refractivity contribution in [1.82, 2.24) is 0 Å². The molecule has 0 aliphatic carbocycles. The van der Waals surface area contributed by atoms with Crippen molar-refractivity contribution in [1.29, 1.82) is 0 Å². The van der Waals surface area contributed by atoms with Crippen LogP contribution in [0.1, 0.15) is 17.2 Å². The van der Waals surface area contributed by atoms with Gasteiger partial charge in [0.2, 0.25) is 10.0 Å². The van der Waals surface area contributed by atoms with E-state index in [4.69, 9.17) is 4.74 Å². The first-order valence-electron chi connectivity index (χ1n) is 8.93. The van der Waals surface area contributed by atoms with Gasteiger partial charge in [-0.25, -0.2) is 17.2 Å². The molecule has 0 saturated carbocycles. The molecule has 0 amide bonds. The summed E-state index contributed by atoms with van der Waals surface area (Å²) in [5, 5.41) is 0. The van der Waals surface area contributed by atoms with E-state index >= 15 is 0 Å². The maximum Gasteiger partial charge on any atom is 0.387 e. The van der Waals surface area contributed by atoms with E-state index in [0.717, 1.165) is 18.4 Å². The van der Waals surface area contributed by atoms with Crippen LogP contribution in [-0.2, 0) is 10.0 Å². The minimum atomic E-state index is -3.61. The number of halogens is 4. The Balaban J connectivity index is 1.95. The molecule has 1 heterocycles. The highest BCUT2D eigenvalue weighted by atomic mass is 32.2. The van der Waals surface area contributed by atoms with Crippen molar-refractivity contribution in [2.75, 3.05) is 11.0 Å². The van der Waals surface area contributed by atoms with Crippen LogP contribution in [0.3, 0.4) is 0 Å². The largest absolute Gasteiger partial charge is 0.480 e. The second-order valence-corrected chi connectivity index (χ2v) is 8.63. The molecule has 1 aliphatic heterocycles. The molecule has 1 N–H and O–H groups in total. The average Bonchev–Trinajstić information content (AvgIpc) is 2.65. The van der Waals surface area contributed by atoms with E-state index in [-0.39, 0.29) is 17.0 Å². The van der Waals surface area contributed by atoms with Crippen LogP contribution in [0.5, 0.6) is 11.5 Å². The molecule has 1 atom stereocenters. The fourth-order valence-corrected chi connectivity index (χ4v) is 4.05. The minimum absolute atomic E-state index is 0.0683. The third kappa shape index (κ3) is 4.43. The highest BCUT2D eigenvalue weighted by molar-refractivity contribution is 7.92. The zero-order valence-electron chi connectivity index (χ0n) is 15.9. The lowest BCUT2D eigenvalue weighted by molar-refractivity contribution is -0.0497. The topological polar surface area (TPSA) is 64.6 Å². The van der Waals surface area contributed by atoms with E-state index in [1.165, 1.54) is 36.4 Å². The number of nitrogens with one attached hydrogen (secondary N) is 1. The molecule has 0 saturated heterocycles. The number of ether oxygens (including phenoxy) is 2. The Kier molecular flexibility index (Phi) is 5.26. The normalized spacial score (nSPS) is 15.1. The van der Waals surface area contributed by atoms with Gasteiger partial charge >= 0.3 is 6.61 Å². The molecule has 1 aliphatic rings. The lowest BCUT2D eigenvalue weighted by atomic mass is 9.88. The summed E-state index contributed by atoms with van der Waals surface area (Å²) in [4.78, 5) is 0. The summed E-state index contributed by atoms with van der Waals surface area (Å²) in [6.07, 6.45) is 0.0142. The Labute approximate surface area is 175 Å². The molecule has 5 nitrogen and oxygen atoms in total. The van der Waals surface area contributed by atoms with Crippen molar-refractivity contribution in [2.24, 2.45) is 0 Å². The predicted octanol–water partition coefficient (Wildman–Crippen LogP) is 5.09. The first kappa shape index (κ1) is 21.0. The molecule has 3 aromatic carbocycles. The van der Waals surface area contributed by atoms with Crippen LogP contribution in [0.15, 0.2) is 54.6 Å². The number of benzene rings is 3. The molecule has 31 heavy (non-hydrogen) atoms. The lowest BCUT2D eigenvalue weighted by Gasteiger charge is -2.31. The van der Waals surface area contributed by atoms with E-state index in [2.05, 4.69) is 9.46 Å². The van der Waals surface area contributed by atoms with Crippen molar-refractivity contribution in [3.05, 3.63) is 77.4 Å². The van der Waals surface area contributed by atoms with E-state index < -0.39 is 40.1 Å². The van der Waals surface area contributed by atoms with Gasteiger partial charge in [0.05, 0.1) is 11.8 Å². The molecule has 0 spiro atoms. The van der Waals surface area contributed by atoms with E-state index in [1.807, 2.05) is 0 Å². The van der Waals surface area contributed by atoms with Gasteiger partial charge in [0.25, 0.3) is 0 Å². The van der Waals surface area contributed by atoms with Crippen molar-refractivity contribution >= 4 is 15.7 Å². The molecule has 3 aromatic rings. The first-order chi connectivity index (χ1) is 14.6. The third-order valence-corrected chi connectivity index (χ3v) is 5.16. The van der Waals surface area contributed by atoms with Gasteiger partial charge in [0, 0.05) is 23.4 Å². The highest BCUT2D eigenvalue weighted by Gasteiger charge is 2.32. The van der Waals surface area contributed by atoms with Gasteiger partial charge in [-0.3, -0.25) is 4.72 Å². The predicted molar refractivity (Wildman–Crippen MR) is 106 cm³/mol. The Bertz CT molecular complexity index is 1260. The summed E-state index contributed by atoms with van der Waals surface area (Å²) in [7, 11) is -3.61. The average molecular weight is 453 g/mol. The second kappa shape index (κ2) is 7.77. The standard InChI is InChI=1S/C21H15F4NO4S/c1-31(27,28)26-14-5-6-15-16(10-14)20(11-3-2-4-12(22)7-11)29-17-8-13(23)9-18(19(15)17)30-21(24)25/h2-10,20-21,26H,1H3. The van der Waals surface area contributed by atoms with Crippen LogP contribution in [0.2, 0.25) is 0 Å². The van der Waals surface area contributed by atoms with Gasteiger partial charge in [-0.05, 0) is 35.4 Å². The Morgan fingerprint density at radius 2 is 1.81 bits per heavy atom. The summed E-state index contributed by atoms with van der Waals surface area (Å²) < 4.78 is 89.8. The van der Waals surface area contributed by atoms with E-state index in [9.17, 15) is 26.0 Å². The number of anilines is 1. The number of sulfonamides is 1. The smallest absolute Gasteiger partial charge is 0.387 e. The summed E-state index contributed by atoms with van der Waals surface area (Å²) in [6.45, 7) is -3.21. The van der Waals surface area contributed by atoms with Crippen LogP contribution in [0.25, 0.3) is 11.1 Å². The van der Waals surface area contributed by atoms with Crippen molar-refractivity contribution in [3.8, 4) is 22.6 Å². The van der Waals surface area contributed by atoms with Crippen LogP contribution in [0.4, 0.5) is 23.2 Å². The molecular formula is C21H15F4NO4S. The maximum absolute atomic E-state index is 14.1. The van der Waals surface area contributed by atoms with Gasteiger partial charge in [-0.1, -0.05) is 18.2 Å². The molecule has 10 heteroatoms. The molecule has 1 unspecified atom stereocenters. The maximum atomic E-state index is 14.1. The second-order valence-electron chi connectivity index (χ2n) is 6.88. The van der Waals surface area contributed by atoms with Crippen LogP contribution in [0, 0.1) is 11.6 Å². The van der Waals surface area contributed by atoms with Crippen LogP contribution >= 0.6 is 0 Å². The summed E-state index contributed by atoms with van der Waals surface area (Å²) >= 11 is 0. The number of fused-ring (bicyclic) bond motifs is 3. The molecule has 0 bridgehead atoms. The lowest BCUT2D eigenvalue weighted by Crippen LogP contribution is -2.18. The van der Waals surface area contributed by atoms with Gasteiger partial charge < -0.3 is 9.47 Å². The molecule has 0 radical (unpaired) electrons. The molecule has 0 fully saturated rings. The zero-order chi connectivity index (χ0) is 22.3. The molecule has 4 rings (SSSR count). The summed E-state index contributed by atoms with van der Waals surface area (Å²) in [6, 6.07) is 11.7. The Morgan fingerprint density at radius 1 is 1.03 bits per heavy atom. The van der Waals surface area contributed by atoms with Crippen molar-refractivity contribution < 1.29 is 35.5 Å². The first-order valence-corrected chi connectivity index (χ1v) is 10.8. The summed E-state index contributed by atoms with van der Waals surface area (Å²) in [5.74, 6) is -1.90. The monoisotopic (exact) mass is 453 g/mol. The van der Waals surface area contributed by atoms with Crippen LogP contribution < -0.4 is 14.2 Å². The molecule has 0 aromatic heterocycles. The van der Waals surface area contributed by atoms with Crippen LogP contribution in [-0.4, -0.2) is 21.3 Å². The summed E-state index contributed by atoms with van der Waals surface area (Å²) in [5.41, 5.74) is 1.34. The number of rotatable bonds is 5. The van der Waals surface area contributed by atoms with Crippen molar-refractivity contribution in [2.45, 2.75) is 12.7 Å². The SMILES string of the molecule is CS(=O)(=O)Nc1ccc2c(c1)C(c1cccc(F)c1)Oc1cc(F)cc(OC(F)F)c1-2. The third-order valence-electron chi connectivity index (χ3n) is 4.55. The van der Waals surface area contributed by atoms with E-state index in [1.54, 1.807) is 6.07 Å². The highest BCUT2D eigenvalue weighted by Crippen LogP contribution is 2.50. The number of hydrogen-bond acceptors (Lipinski definition) is 4. The Morgan fingerprint density at radius 3 is 2.48 bits per heavy atom. The van der Waals surface area contributed by atoms with Crippen molar-refractivity contribution in [3.63, 3.8) is 0 Å². The number of alkyl halides is 2. The van der Waals surface area contributed by atoms with Gasteiger partial charge in [0.15, 0.2) is 0 Å². The fraction of sp³-hybridized carbons (Fsp3) is 0.143. The Hall–Kier alpha value is -3.27. The number of hydrogen-bond donors (Lipinski definition) is 1. The van der Waals surface area contributed by atoms with Gasteiger partial charge in [-0.15, -0.1) is 0 Å². The molecule has 162 valence electrons. The minimum Gasteiger partial charge on any atom is -0.480 e. The van der Waals surface area contributed by atoms with Gasteiger partial charge in [-0.2, -0.15) is 8.78 Å². The molecular weight excluding hydrogens is 438 g/mol. The quantitative estimate of drug-likeness (QED) is 0.547. The van der Waals surface area contributed by atoms with E-state index in [0.29, 0.717) is 16.7 Å². The van der Waals surface area contributed by atoms with Gasteiger partial charge in [0.1, 0.15) is 29.2 Å².